The number of aromatic nitrogens is 1. The van der Waals surface area contributed by atoms with Gasteiger partial charge in [-0.15, -0.1) is 11.3 Å². The van der Waals surface area contributed by atoms with Crippen LogP contribution in [0.25, 0.3) is 0 Å². The molecule has 1 aromatic rings. The Balaban J connectivity index is 2.67. The minimum absolute atomic E-state index is 0.111. The fourth-order valence-electron chi connectivity index (χ4n) is 1.12. The normalized spacial score (nSPS) is 15.7. The maximum Gasteiger partial charge on any atom is 0.0897 e. The highest BCUT2D eigenvalue weighted by Gasteiger charge is 2.22. The van der Waals surface area contributed by atoms with Gasteiger partial charge in [-0.25, -0.2) is 4.98 Å². The van der Waals surface area contributed by atoms with Gasteiger partial charge in [0, 0.05) is 17.3 Å². The molecule has 0 saturated carbocycles. The molecular formula is C9H16N2OS. The number of aliphatic hydroxyl groups is 1. The number of aryl methyl sites for hydroxylation is 1. The Morgan fingerprint density at radius 3 is 2.77 bits per heavy atom. The van der Waals surface area contributed by atoms with Gasteiger partial charge in [0.05, 0.1) is 17.3 Å². The summed E-state index contributed by atoms with van der Waals surface area (Å²) in [7, 11) is 0. The molecule has 0 bridgehead atoms. The van der Waals surface area contributed by atoms with Crippen LogP contribution < -0.4 is 5.73 Å². The highest BCUT2D eigenvalue weighted by atomic mass is 32.1. The summed E-state index contributed by atoms with van der Waals surface area (Å²) in [6, 6.07) is 0. The molecule has 1 unspecified atom stereocenters. The van der Waals surface area contributed by atoms with Gasteiger partial charge in [-0.3, -0.25) is 0 Å². The Kier molecular flexibility index (Phi) is 3.41. The maximum absolute atomic E-state index is 9.15. The Morgan fingerprint density at radius 1 is 1.69 bits per heavy atom. The van der Waals surface area contributed by atoms with Crippen molar-refractivity contribution in [3.05, 3.63) is 16.1 Å². The molecule has 0 aliphatic rings. The van der Waals surface area contributed by atoms with Gasteiger partial charge >= 0.3 is 0 Å². The zero-order chi connectivity index (χ0) is 9.90. The lowest BCUT2D eigenvalue weighted by atomic mass is 9.87. The number of rotatable bonds is 4. The second kappa shape index (κ2) is 4.17. The lowest BCUT2D eigenvalue weighted by molar-refractivity contribution is 0.148. The van der Waals surface area contributed by atoms with Gasteiger partial charge < -0.3 is 10.8 Å². The molecule has 0 aromatic carbocycles. The second-order valence-corrected chi connectivity index (χ2v) is 4.77. The average molecular weight is 200 g/mol. The van der Waals surface area contributed by atoms with Crippen molar-refractivity contribution in [1.29, 1.82) is 0 Å². The number of nitrogens with zero attached hydrogens (tertiary/aromatic N) is 1. The van der Waals surface area contributed by atoms with E-state index < -0.39 is 0 Å². The van der Waals surface area contributed by atoms with Gasteiger partial charge in [-0.1, -0.05) is 6.92 Å². The Hall–Kier alpha value is -0.450. The molecule has 0 spiro atoms. The first kappa shape index (κ1) is 10.6. The van der Waals surface area contributed by atoms with Gasteiger partial charge in [-0.05, 0) is 13.3 Å². The standard InChI is InChI=1S/C9H16N2OS/c1-7-11-8(4-13-7)3-9(2,5-10)6-12/h4,12H,3,5-6,10H2,1-2H3. The van der Waals surface area contributed by atoms with Crippen molar-refractivity contribution in [1.82, 2.24) is 4.98 Å². The minimum Gasteiger partial charge on any atom is -0.396 e. The Labute approximate surface area is 82.6 Å². The molecule has 1 rings (SSSR count). The lowest BCUT2D eigenvalue weighted by Gasteiger charge is -2.23. The van der Waals surface area contributed by atoms with E-state index in [4.69, 9.17) is 10.8 Å². The minimum atomic E-state index is -0.222. The largest absolute Gasteiger partial charge is 0.396 e. The quantitative estimate of drug-likeness (QED) is 0.761. The first-order chi connectivity index (χ1) is 6.09. The lowest BCUT2D eigenvalue weighted by Crippen LogP contribution is -2.33. The van der Waals surface area contributed by atoms with Gasteiger partial charge in [0.15, 0.2) is 0 Å². The van der Waals surface area contributed by atoms with E-state index in [1.165, 1.54) is 0 Å². The Morgan fingerprint density at radius 2 is 2.38 bits per heavy atom. The van der Waals surface area contributed by atoms with Crippen LogP contribution in [-0.2, 0) is 6.42 Å². The monoisotopic (exact) mass is 200 g/mol. The molecule has 3 nitrogen and oxygen atoms in total. The highest BCUT2D eigenvalue weighted by molar-refractivity contribution is 7.09. The van der Waals surface area contributed by atoms with E-state index in [-0.39, 0.29) is 12.0 Å². The van der Waals surface area contributed by atoms with Crippen LogP contribution >= 0.6 is 11.3 Å². The first-order valence-electron chi connectivity index (χ1n) is 4.31. The number of hydrogen-bond donors (Lipinski definition) is 2. The molecule has 1 aromatic heterocycles. The fourth-order valence-corrected chi connectivity index (χ4v) is 1.73. The number of aliphatic hydroxyl groups excluding tert-OH is 1. The van der Waals surface area contributed by atoms with Crippen molar-refractivity contribution in [3.63, 3.8) is 0 Å². The van der Waals surface area contributed by atoms with Crippen LogP contribution in [0.5, 0.6) is 0 Å². The predicted octanol–water partition coefficient (Wildman–Crippen LogP) is 0.951. The summed E-state index contributed by atoms with van der Waals surface area (Å²) < 4.78 is 0. The average Bonchev–Trinajstić information content (AvgIpc) is 2.51. The van der Waals surface area contributed by atoms with E-state index in [0.717, 1.165) is 17.1 Å². The number of hydrogen-bond acceptors (Lipinski definition) is 4. The summed E-state index contributed by atoms with van der Waals surface area (Å²) in [5.74, 6) is 0. The van der Waals surface area contributed by atoms with E-state index in [0.29, 0.717) is 6.54 Å². The van der Waals surface area contributed by atoms with E-state index >= 15 is 0 Å². The topological polar surface area (TPSA) is 59.1 Å². The molecular weight excluding hydrogens is 184 g/mol. The molecule has 13 heavy (non-hydrogen) atoms. The van der Waals surface area contributed by atoms with Crippen molar-refractivity contribution in [2.45, 2.75) is 20.3 Å². The molecule has 4 heteroatoms. The molecule has 1 atom stereocenters. The van der Waals surface area contributed by atoms with E-state index in [1.54, 1.807) is 11.3 Å². The first-order valence-corrected chi connectivity index (χ1v) is 5.19. The van der Waals surface area contributed by atoms with Crippen molar-refractivity contribution in [2.75, 3.05) is 13.2 Å². The summed E-state index contributed by atoms with van der Waals surface area (Å²) in [4.78, 5) is 4.34. The molecule has 0 radical (unpaired) electrons. The van der Waals surface area contributed by atoms with Crippen LogP contribution in [0.2, 0.25) is 0 Å². The van der Waals surface area contributed by atoms with E-state index in [2.05, 4.69) is 4.98 Å². The third-order valence-electron chi connectivity index (χ3n) is 2.15. The van der Waals surface area contributed by atoms with Crippen molar-refractivity contribution >= 4 is 11.3 Å². The van der Waals surface area contributed by atoms with Gasteiger partial charge in [0.25, 0.3) is 0 Å². The molecule has 3 N–H and O–H groups in total. The molecule has 1 heterocycles. The van der Waals surface area contributed by atoms with Crippen molar-refractivity contribution < 1.29 is 5.11 Å². The van der Waals surface area contributed by atoms with Crippen LogP contribution in [0.4, 0.5) is 0 Å². The van der Waals surface area contributed by atoms with Crippen molar-refractivity contribution in [3.8, 4) is 0 Å². The van der Waals surface area contributed by atoms with Crippen LogP contribution in [0.15, 0.2) is 5.38 Å². The highest BCUT2D eigenvalue weighted by Crippen LogP contribution is 2.21. The van der Waals surface area contributed by atoms with E-state index in [9.17, 15) is 0 Å². The number of thiazole rings is 1. The molecule has 0 aliphatic heterocycles. The summed E-state index contributed by atoms with van der Waals surface area (Å²) >= 11 is 1.63. The molecule has 0 aliphatic carbocycles. The number of nitrogens with two attached hydrogens (primary N) is 1. The fraction of sp³-hybridized carbons (Fsp3) is 0.667. The van der Waals surface area contributed by atoms with Gasteiger partial charge in [-0.2, -0.15) is 0 Å². The van der Waals surface area contributed by atoms with Gasteiger partial charge in [0.1, 0.15) is 0 Å². The molecule has 74 valence electrons. The summed E-state index contributed by atoms with van der Waals surface area (Å²) in [6.07, 6.45) is 0.754. The maximum atomic E-state index is 9.15. The zero-order valence-corrected chi connectivity index (χ0v) is 8.90. The zero-order valence-electron chi connectivity index (χ0n) is 8.08. The van der Waals surface area contributed by atoms with Crippen LogP contribution in [0.3, 0.4) is 0 Å². The third-order valence-corrected chi connectivity index (χ3v) is 2.97. The van der Waals surface area contributed by atoms with Crippen LogP contribution in [-0.4, -0.2) is 23.2 Å². The molecule has 0 saturated heterocycles. The van der Waals surface area contributed by atoms with Gasteiger partial charge in [0.2, 0.25) is 0 Å². The van der Waals surface area contributed by atoms with E-state index in [1.807, 2.05) is 19.2 Å². The predicted molar refractivity (Wildman–Crippen MR) is 54.8 cm³/mol. The summed E-state index contributed by atoms with van der Waals surface area (Å²) in [6.45, 7) is 4.55. The van der Waals surface area contributed by atoms with Crippen LogP contribution in [0, 0.1) is 12.3 Å². The molecule has 0 amide bonds. The van der Waals surface area contributed by atoms with Crippen LogP contribution in [0.1, 0.15) is 17.6 Å². The second-order valence-electron chi connectivity index (χ2n) is 3.71. The third kappa shape index (κ3) is 2.76. The molecule has 0 fully saturated rings. The smallest absolute Gasteiger partial charge is 0.0897 e. The van der Waals surface area contributed by atoms with Crippen molar-refractivity contribution in [2.24, 2.45) is 11.1 Å². The summed E-state index contributed by atoms with van der Waals surface area (Å²) in [5.41, 5.74) is 6.40. The SMILES string of the molecule is Cc1nc(CC(C)(CN)CO)cs1. The summed E-state index contributed by atoms with van der Waals surface area (Å²) in [5, 5.41) is 12.2. The Bertz CT molecular complexity index is 268.